The lowest BCUT2D eigenvalue weighted by atomic mass is 9.81. The van der Waals surface area contributed by atoms with E-state index in [0.29, 0.717) is 6.04 Å². The molecule has 2 aliphatic rings. The van der Waals surface area contributed by atoms with Gasteiger partial charge in [-0.2, -0.15) is 0 Å². The molecule has 0 aliphatic carbocycles. The van der Waals surface area contributed by atoms with Crippen LogP contribution < -0.4 is 11.1 Å². The number of likely N-dealkylation sites (tertiary alicyclic amines) is 1. The predicted molar refractivity (Wildman–Crippen MR) is 73.0 cm³/mol. The fourth-order valence-corrected chi connectivity index (χ4v) is 3.42. The molecule has 2 rings (SSSR count). The molecule has 2 saturated heterocycles. The molecule has 2 atom stereocenters. The van der Waals surface area contributed by atoms with Crippen LogP contribution in [-0.4, -0.2) is 43.2 Å². The molecule has 3 nitrogen and oxygen atoms in total. The second-order valence-corrected chi connectivity index (χ2v) is 6.06. The van der Waals surface area contributed by atoms with Crippen molar-refractivity contribution in [3.05, 3.63) is 0 Å². The quantitative estimate of drug-likeness (QED) is 0.783. The lowest BCUT2D eigenvalue weighted by Crippen LogP contribution is -2.48. The molecule has 0 aromatic carbocycles. The van der Waals surface area contributed by atoms with Crippen LogP contribution in [0.3, 0.4) is 0 Å². The van der Waals surface area contributed by atoms with Gasteiger partial charge in [0, 0.05) is 12.1 Å². The van der Waals surface area contributed by atoms with E-state index in [9.17, 15) is 0 Å². The summed E-state index contributed by atoms with van der Waals surface area (Å²) in [5.41, 5.74) is 5.98. The lowest BCUT2D eigenvalue weighted by molar-refractivity contribution is 0.0912. The van der Waals surface area contributed by atoms with Gasteiger partial charge in [0.15, 0.2) is 0 Å². The summed E-state index contributed by atoms with van der Waals surface area (Å²) in [6, 6.07) is 1.18. The van der Waals surface area contributed by atoms with E-state index in [1.54, 1.807) is 0 Å². The molecule has 2 aliphatic heterocycles. The van der Waals surface area contributed by atoms with Crippen molar-refractivity contribution < 1.29 is 0 Å². The molecular weight excluding hydrogens is 210 g/mol. The summed E-state index contributed by atoms with van der Waals surface area (Å²) in [5.74, 6) is 1.74. The van der Waals surface area contributed by atoms with Crippen molar-refractivity contribution in [2.24, 2.45) is 17.6 Å². The van der Waals surface area contributed by atoms with Gasteiger partial charge in [0.05, 0.1) is 0 Å². The van der Waals surface area contributed by atoms with E-state index in [1.165, 1.54) is 51.9 Å². The Morgan fingerprint density at radius 1 is 1.06 bits per heavy atom. The molecule has 3 heteroatoms. The monoisotopic (exact) mass is 239 g/mol. The van der Waals surface area contributed by atoms with E-state index >= 15 is 0 Å². The highest BCUT2D eigenvalue weighted by Crippen LogP contribution is 2.28. The summed E-state index contributed by atoms with van der Waals surface area (Å²) in [6.45, 7) is 9.72. The van der Waals surface area contributed by atoms with Gasteiger partial charge in [-0.25, -0.2) is 0 Å². The number of nitrogens with zero attached hydrogens (tertiary/aromatic N) is 1. The van der Waals surface area contributed by atoms with Crippen LogP contribution in [0.15, 0.2) is 0 Å². The van der Waals surface area contributed by atoms with Crippen LogP contribution in [0.2, 0.25) is 0 Å². The van der Waals surface area contributed by atoms with Crippen LogP contribution in [0, 0.1) is 11.8 Å². The van der Waals surface area contributed by atoms with Crippen LogP contribution in [-0.2, 0) is 0 Å². The smallest absolute Gasteiger partial charge is 0.00952 e. The molecule has 3 N–H and O–H groups in total. The van der Waals surface area contributed by atoms with E-state index in [1.807, 2.05) is 0 Å². The highest BCUT2D eigenvalue weighted by molar-refractivity contribution is 4.84. The Labute approximate surface area is 106 Å². The molecule has 0 aromatic rings. The summed E-state index contributed by atoms with van der Waals surface area (Å²) in [5, 5.41) is 3.46. The maximum atomic E-state index is 5.98. The molecule has 0 radical (unpaired) electrons. The minimum Gasteiger partial charge on any atom is -0.328 e. The zero-order chi connectivity index (χ0) is 12.3. The van der Waals surface area contributed by atoms with Crippen LogP contribution >= 0.6 is 0 Å². The summed E-state index contributed by atoms with van der Waals surface area (Å²) in [7, 11) is 0. The van der Waals surface area contributed by atoms with E-state index in [0.717, 1.165) is 17.9 Å². The van der Waals surface area contributed by atoms with Crippen molar-refractivity contribution in [3.8, 4) is 0 Å². The first-order chi connectivity index (χ1) is 8.18. The number of nitrogens with one attached hydrogen (secondary N) is 1. The van der Waals surface area contributed by atoms with Crippen molar-refractivity contribution in [1.29, 1.82) is 0 Å². The van der Waals surface area contributed by atoms with Crippen molar-refractivity contribution in [1.82, 2.24) is 10.2 Å². The molecule has 0 spiro atoms. The van der Waals surface area contributed by atoms with Gasteiger partial charge in [-0.3, -0.25) is 0 Å². The molecule has 0 aromatic heterocycles. The zero-order valence-electron chi connectivity index (χ0n) is 11.5. The van der Waals surface area contributed by atoms with Crippen molar-refractivity contribution >= 4 is 0 Å². The highest BCUT2D eigenvalue weighted by atomic mass is 15.2. The average molecular weight is 239 g/mol. The molecule has 2 unspecified atom stereocenters. The molecule has 0 bridgehead atoms. The normalized spacial score (nSPS) is 29.1. The second-order valence-electron chi connectivity index (χ2n) is 6.06. The second kappa shape index (κ2) is 6.17. The van der Waals surface area contributed by atoms with Crippen LogP contribution in [0.4, 0.5) is 0 Å². The number of hydrogen-bond donors (Lipinski definition) is 2. The summed E-state index contributed by atoms with van der Waals surface area (Å²) in [6.07, 6.45) is 5.09. The van der Waals surface area contributed by atoms with Gasteiger partial charge in [0.1, 0.15) is 0 Å². The van der Waals surface area contributed by atoms with Crippen LogP contribution in [0.25, 0.3) is 0 Å². The molecule has 0 saturated carbocycles. The van der Waals surface area contributed by atoms with Crippen LogP contribution in [0.1, 0.15) is 39.5 Å². The third-order valence-electron chi connectivity index (χ3n) is 5.04. The Balaban J connectivity index is 1.83. The molecule has 2 heterocycles. The Morgan fingerprint density at radius 2 is 1.65 bits per heavy atom. The van der Waals surface area contributed by atoms with Gasteiger partial charge < -0.3 is 16.0 Å². The number of piperidine rings is 2. The third-order valence-corrected chi connectivity index (χ3v) is 5.04. The standard InChI is InChI=1S/C14H29N3/c1-11(13-3-7-16-8-4-13)12(2)17-9-5-14(15)6-10-17/h11-14,16H,3-10,15H2,1-2H3. The summed E-state index contributed by atoms with van der Waals surface area (Å²) < 4.78 is 0. The fraction of sp³-hybridized carbons (Fsp3) is 1.00. The van der Waals surface area contributed by atoms with E-state index < -0.39 is 0 Å². The van der Waals surface area contributed by atoms with E-state index in [2.05, 4.69) is 24.1 Å². The Morgan fingerprint density at radius 3 is 2.24 bits per heavy atom. The molecule has 100 valence electrons. The SMILES string of the molecule is CC(C1CCNCC1)C(C)N1CCC(N)CC1. The first-order valence-corrected chi connectivity index (χ1v) is 7.39. The average Bonchev–Trinajstić information content (AvgIpc) is 2.39. The minimum absolute atomic E-state index is 0.452. The summed E-state index contributed by atoms with van der Waals surface area (Å²) >= 11 is 0. The van der Waals surface area contributed by atoms with Gasteiger partial charge in [-0.05, 0) is 70.6 Å². The van der Waals surface area contributed by atoms with Gasteiger partial charge in [-0.1, -0.05) is 6.92 Å². The Bertz CT molecular complexity index is 218. The largest absolute Gasteiger partial charge is 0.328 e. The first-order valence-electron chi connectivity index (χ1n) is 7.39. The highest BCUT2D eigenvalue weighted by Gasteiger charge is 2.29. The third kappa shape index (κ3) is 3.43. The first kappa shape index (κ1) is 13.3. The van der Waals surface area contributed by atoms with E-state index in [4.69, 9.17) is 5.73 Å². The Kier molecular flexibility index (Phi) is 4.83. The lowest BCUT2D eigenvalue weighted by Gasteiger charge is -2.41. The minimum atomic E-state index is 0.452. The number of hydrogen-bond acceptors (Lipinski definition) is 3. The topological polar surface area (TPSA) is 41.3 Å². The van der Waals surface area contributed by atoms with Crippen molar-refractivity contribution in [3.63, 3.8) is 0 Å². The van der Waals surface area contributed by atoms with E-state index in [-0.39, 0.29) is 0 Å². The van der Waals surface area contributed by atoms with Gasteiger partial charge in [0.2, 0.25) is 0 Å². The van der Waals surface area contributed by atoms with Gasteiger partial charge >= 0.3 is 0 Å². The van der Waals surface area contributed by atoms with Crippen LogP contribution in [0.5, 0.6) is 0 Å². The summed E-state index contributed by atoms with van der Waals surface area (Å²) in [4.78, 5) is 2.66. The fourth-order valence-electron chi connectivity index (χ4n) is 3.42. The predicted octanol–water partition coefficient (Wildman–Crippen LogP) is 1.43. The maximum Gasteiger partial charge on any atom is 0.00952 e. The van der Waals surface area contributed by atoms with Gasteiger partial charge in [0.25, 0.3) is 0 Å². The molecule has 2 fully saturated rings. The number of nitrogens with two attached hydrogens (primary N) is 1. The van der Waals surface area contributed by atoms with Crippen molar-refractivity contribution in [2.75, 3.05) is 26.2 Å². The zero-order valence-corrected chi connectivity index (χ0v) is 11.5. The molecule has 17 heavy (non-hydrogen) atoms. The molecular formula is C14H29N3. The van der Waals surface area contributed by atoms with Crippen molar-refractivity contribution in [2.45, 2.75) is 51.6 Å². The Hall–Kier alpha value is -0.120. The number of rotatable bonds is 3. The van der Waals surface area contributed by atoms with Gasteiger partial charge in [-0.15, -0.1) is 0 Å². The molecule has 0 amide bonds. The maximum absolute atomic E-state index is 5.98.